The van der Waals surface area contributed by atoms with E-state index >= 15 is 0 Å². The predicted molar refractivity (Wildman–Crippen MR) is 106 cm³/mol. The van der Waals surface area contributed by atoms with Crippen LogP contribution >= 0.6 is 34.8 Å². The summed E-state index contributed by atoms with van der Waals surface area (Å²) < 4.78 is 0. The summed E-state index contributed by atoms with van der Waals surface area (Å²) in [7, 11) is 1.85. The zero-order valence-corrected chi connectivity index (χ0v) is 16.1. The number of anilines is 1. The lowest BCUT2D eigenvalue weighted by molar-refractivity contribution is 0.733. The Kier molecular flexibility index (Phi) is 6.39. The van der Waals surface area contributed by atoms with Crippen LogP contribution in [0.1, 0.15) is 31.7 Å². The fourth-order valence-electron chi connectivity index (χ4n) is 2.19. The van der Waals surface area contributed by atoms with Gasteiger partial charge < -0.3 is 10.6 Å². The molecule has 0 aromatic heterocycles. The summed E-state index contributed by atoms with van der Waals surface area (Å²) in [5.74, 6) is 0.844. The minimum Gasteiger partial charge on any atom is -0.369 e. The molecule has 2 aromatic carbocycles. The number of guanidine groups is 1. The third kappa shape index (κ3) is 4.15. The van der Waals surface area contributed by atoms with E-state index in [1.165, 1.54) is 5.56 Å². The van der Waals surface area contributed by atoms with Crippen LogP contribution in [0, 0.1) is 0 Å². The Bertz CT molecular complexity index is 742. The number of nitrogens with two attached hydrogens (primary N) is 1. The Morgan fingerprint density at radius 2 is 1.71 bits per heavy atom. The van der Waals surface area contributed by atoms with Crippen molar-refractivity contribution in [3.63, 3.8) is 0 Å². The summed E-state index contributed by atoms with van der Waals surface area (Å²) in [6, 6.07) is 11.6. The number of rotatable bonds is 4. The lowest BCUT2D eigenvalue weighted by Gasteiger charge is -2.19. The molecule has 0 radical (unpaired) electrons. The molecule has 0 aliphatic carbocycles. The summed E-state index contributed by atoms with van der Waals surface area (Å²) in [5.41, 5.74) is 8.83. The fraction of sp³-hybridized carbons (Fsp3) is 0.278. The van der Waals surface area contributed by atoms with E-state index in [9.17, 15) is 0 Å². The van der Waals surface area contributed by atoms with Crippen molar-refractivity contribution in [2.75, 3.05) is 11.9 Å². The fourth-order valence-corrected chi connectivity index (χ4v) is 2.77. The summed E-state index contributed by atoms with van der Waals surface area (Å²) in [6.07, 6.45) is 1.11. The first kappa shape index (κ1) is 18.9. The first-order chi connectivity index (χ1) is 11.3. The molecule has 2 N–H and O–H groups in total. The normalized spacial score (nSPS) is 13.0. The van der Waals surface area contributed by atoms with Gasteiger partial charge in [0.1, 0.15) is 0 Å². The van der Waals surface area contributed by atoms with Gasteiger partial charge in [-0.25, -0.2) is 4.99 Å². The predicted octanol–water partition coefficient (Wildman–Crippen LogP) is 6.24. The number of hydrogen-bond acceptors (Lipinski definition) is 1. The van der Waals surface area contributed by atoms with Crippen molar-refractivity contribution in [3.8, 4) is 0 Å². The van der Waals surface area contributed by atoms with Crippen molar-refractivity contribution in [1.29, 1.82) is 0 Å². The summed E-state index contributed by atoms with van der Waals surface area (Å²) >= 11 is 18.1. The van der Waals surface area contributed by atoms with E-state index in [0.29, 0.717) is 22.6 Å². The second-order valence-corrected chi connectivity index (χ2v) is 6.79. The Morgan fingerprint density at radius 3 is 2.29 bits per heavy atom. The van der Waals surface area contributed by atoms with Gasteiger partial charge in [-0.1, -0.05) is 60.8 Å². The molecule has 0 spiro atoms. The largest absolute Gasteiger partial charge is 0.369 e. The van der Waals surface area contributed by atoms with Gasteiger partial charge in [-0.2, -0.15) is 0 Å². The lowest BCUT2D eigenvalue weighted by Crippen LogP contribution is -2.33. The Balaban J connectivity index is 2.26. The van der Waals surface area contributed by atoms with Gasteiger partial charge in [-0.15, -0.1) is 0 Å². The Hall–Kier alpha value is -1.42. The van der Waals surface area contributed by atoms with Crippen LogP contribution in [0.2, 0.25) is 15.1 Å². The molecular weight excluding hydrogens is 365 g/mol. The van der Waals surface area contributed by atoms with Crippen LogP contribution in [0.25, 0.3) is 0 Å². The van der Waals surface area contributed by atoms with Gasteiger partial charge >= 0.3 is 0 Å². The van der Waals surface area contributed by atoms with Crippen LogP contribution in [-0.4, -0.2) is 13.0 Å². The highest BCUT2D eigenvalue weighted by molar-refractivity contribution is 6.49. The molecule has 0 heterocycles. The van der Waals surface area contributed by atoms with E-state index in [1.54, 1.807) is 17.0 Å². The van der Waals surface area contributed by atoms with Gasteiger partial charge in [0.05, 0.1) is 20.8 Å². The molecule has 2 rings (SSSR count). The maximum atomic E-state index is 6.17. The third-order valence-electron chi connectivity index (χ3n) is 4.06. The standard InChI is InChI=1S/C18H20Cl3N3/c1-4-11(2)12-5-7-13(8-6-12)24(3)18(22)23-15-10-9-14(19)16(20)17(15)21/h5-11H,4H2,1-3H3,(H2,22,23). The van der Waals surface area contributed by atoms with E-state index in [-0.39, 0.29) is 10.0 Å². The average Bonchev–Trinajstić information content (AvgIpc) is 2.60. The summed E-state index contributed by atoms with van der Waals surface area (Å²) in [5, 5.41) is 0.939. The maximum Gasteiger partial charge on any atom is 0.200 e. The average molecular weight is 385 g/mol. The topological polar surface area (TPSA) is 41.6 Å². The number of nitrogens with zero attached hydrogens (tertiary/aromatic N) is 2. The minimum absolute atomic E-state index is 0.271. The third-order valence-corrected chi connectivity index (χ3v) is 5.34. The van der Waals surface area contributed by atoms with Crippen LogP contribution in [-0.2, 0) is 0 Å². The van der Waals surface area contributed by atoms with Crippen LogP contribution in [0.15, 0.2) is 41.4 Å². The molecule has 0 fully saturated rings. The van der Waals surface area contributed by atoms with Crippen LogP contribution in [0.3, 0.4) is 0 Å². The van der Waals surface area contributed by atoms with E-state index < -0.39 is 0 Å². The van der Waals surface area contributed by atoms with Gasteiger partial charge in [0.25, 0.3) is 0 Å². The van der Waals surface area contributed by atoms with E-state index in [4.69, 9.17) is 40.5 Å². The van der Waals surface area contributed by atoms with E-state index in [1.807, 2.05) is 19.2 Å². The van der Waals surface area contributed by atoms with Gasteiger partial charge in [-0.05, 0) is 42.2 Å². The highest BCUT2D eigenvalue weighted by Crippen LogP contribution is 2.37. The quantitative estimate of drug-likeness (QED) is 0.385. The van der Waals surface area contributed by atoms with Gasteiger partial charge in [0.15, 0.2) is 0 Å². The highest BCUT2D eigenvalue weighted by atomic mass is 35.5. The Morgan fingerprint density at radius 1 is 1.08 bits per heavy atom. The molecule has 0 bridgehead atoms. The minimum atomic E-state index is 0.271. The molecule has 6 heteroatoms. The molecule has 0 aliphatic rings. The first-order valence-electron chi connectivity index (χ1n) is 7.66. The van der Waals surface area contributed by atoms with Gasteiger partial charge in [0, 0.05) is 12.7 Å². The maximum absolute atomic E-state index is 6.17. The molecule has 128 valence electrons. The number of benzene rings is 2. The molecule has 24 heavy (non-hydrogen) atoms. The SMILES string of the molecule is CCC(C)c1ccc(N(C)C(N)=Nc2ccc(Cl)c(Cl)c2Cl)cc1. The van der Waals surface area contributed by atoms with Crippen LogP contribution in [0.4, 0.5) is 11.4 Å². The van der Waals surface area contributed by atoms with Gasteiger partial charge in [0.2, 0.25) is 5.96 Å². The lowest BCUT2D eigenvalue weighted by atomic mass is 9.98. The second kappa shape index (κ2) is 8.11. The van der Waals surface area contributed by atoms with Crippen LogP contribution in [0.5, 0.6) is 0 Å². The molecule has 0 amide bonds. The number of aliphatic imine (C=N–C) groups is 1. The number of hydrogen-bond donors (Lipinski definition) is 1. The van der Waals surface area contributed by atoms with Crippen LogP contribution < -0.4 is 10.6 Å². The highest BCUT2D eigenvalue weighted by Gasteiger charge is 2.11. The van der Waals surface area contributed by atoms with Crippen molar-refractivity contribution >= 4 is 52.1 Å². The summed E-state index contributed by atoms with van der Waals surface area (Å²) in [6.45, 7) is 4.39. The van der Waals surface area contributed by atoms with Crippen molar-refractivity contribution in [3.05, 3.63) is 57.0 Å². The molecule has 2 aromatic rings. The molecular formula is C18H20Cl3N3. The molecule has 3 nitrogen and oxygen atoms in total. The Labute approximate surface area is 158 Å². The molecule has 0 aliphatic heterocycles. The number of halogens is 3. The van der Waals surface area contributed by atoms with Crippen molar-refractivity contribution in [2.24, 2.45) is 10.7 Å². The molecule has 1 unspecified atom stereocenters. The van der Waals surface area contributed by atoms with E-state index in [2.05, 4.69) is 31.0 Å². The summed E-state index contributed by atoms with van der Waals surface area (Å²) in [4.78, 5) is 6.15. The second-order valence-electron chi connectivity index (χ2n) is 5.62. The zero-order chi connectivity index (χ0) is 17.9. The smallest absolute Gasteiger partial charge is 0.200 e. The monoisotopic (exact) mass is 383 g/mol. The van der Waals surface area contributed by atoms with E-state index in [0.717, 1.165) is 12.1 Å². The van der Waals surface area contributed by atoms with Crippen molar-refractivity contribution < 1.29 is 0 Å². The van der Waals surface area contributed by atoms with Gasteiger partial charge in [-0.3, -0.25) is 0 Å². The van der Waals surface area contributed by atoms with Crippen molar-refractivity contribution in [2.45, 2.75) is 26.2 Å². The van der Waals surface area contributed by atoms with Crippen molar-refractivity contribution in [1.82, 2.24) is 0 Å². The zero-order valence-electron chi connectivity index (χ0n) is 13.9. The molecule has 1 atom stereocenters. The first-order valence-corrected chi connectivity index (χ1v) is 8.79. The molecule has 0 saturated carbocycles. The molecule has 0 saturated heterocycles.